The van der Waals surface area contributed by atoms with Crippen molar-refractivity contribution in [2.24, 2.45) is 0 Å². The molecule has 0 saturated carbocycles. The molecule has 19 heavy (non-hydrogen) atoms. The van der Waals surface area contributed by atoms with Crippen LogP contribution in [0.5, 0.6) is 0 Å². The summed E-state index contributed by atoms with van der Waals surface area (Å²) in [6.07, 6.45) is 3.51. The number of rotatable bonds is 5. The summed E-state index contributed by atoms with van der Waals surface area (Å²) in [4.78, 5) is 12.0. The molecule has 2 aromatic rings. The van der Waals surface area contributed by atoms with E-state index in [1.807, 2.05) is 37.7 Å². The van der Waals surface area contributed by atoms with Crippen molar-refractivity contribution < 1.29 is 4.79 Å². The molecule has 0 aliphatic rings. The number of aromatic nitrogens is 4. The first-order valence-electron chi connectivity index (χ1n) is 6.48. The summed E-state index contributed by atoms with van der Waals surface area (Å²) in [5.74, 6) is -0.108. The van der Waals surface area contributed by atoms with Crippen LogP contribution in [-0.2, 0) is 19.6 Å². The minimum atomic E-state index is -0.108. The topological polar surface area (TPSA) is 64.7 Å². The van der Waals surface area contributed by atoms with Crippen LogP contribution < -0.4 is 5.32 Å². The van der Waals surface area contributed by atoms with Gasteiger partial charge in [0.05, 0.1) is 24.0 Å². The van der Waals surface area contributed by atoms with Crippen LogP contribution >= 0.6 is 0 Å². The molecule has 0 aromatic carbocycles. The Hall–Kier alpha value is -2.11. The highest BCUT2D eigenvalue weighted by molar-refractivity contribution is 5.94. The van der Waals surface area contributed by atoms with Crippen molar-refractivity contribution in [1.29, 1.82) is 0 Å². The third kappa shape index (κ3) is 2.83. The fourth-order valence-electron chi connectivity index (χ4n) is 1.93. The number of hydrogen-bond acceptors (Lipinski definition) is 3. The van der Waals surface area contributed by atoms with Crippen LogP contribution in [0.1, 0.15) is 35.6 Å². The Kier molecular flexibility index (Phi) is 3.99. The molecule has 0 radical (unpaired) electrons. The van der Waals surface area contributed by atoms with Crippen LogP contribution in [0.3, 0.4) is 0 Å². The second-order valence-corrected chi connectivity index (χ2v) is 4.30. The summed E-state index contributed by atoms with van der Waals surface area (Å²) in [7, 11) is 0. The van der Waals surface area contributed by atoms with E-state index in [9.17, 15) is 4.79 Å². The van der Waals surface area contributed by atoms with Crippen LogP contribution in [0.25, 0.3) is 0 Å². The second kappa shape index (κ2) is 5.69. The van der Waals surface area contributed by atoms with Crippen LogP contribution in [0.15, 0.2) is 18.5 Å². The van der Waals surface area contributed by atoms with Crippen molar-refractivity contribution in [3.63, 3.8) is 0 Å². The quantitative estimate of drug-likeness (QED) is 0.883. The first-order chi connectivity index (χ1) is 9.15. The molecule has 102 valence electrons. The van der Waals surface area contributed by atoms with E-state index in [0.717, 1.165) is 24.5 Å². The maximum Gasteiger partial charge on any atom is 0.255 e. The van der Waals surface area contributed by atoms with Crippen LogP contribution in [0, 0.1) is 6.92 Å². The first-order valence-corrected chi connectivity index (χ1v) is 6.48. The van der Waals surface area contributed by atoms with Crippen molar-refractivity contribution in [3.8, 4) is 0 Å². The molecule has 1 N–H and O–H groups in total. The number of nitrogens with zero attached hydrogens (tertiary/aromatic N) is 4. The predicted molar refractivity (Wildman–Crippen MR) is 71.7 cm³/mol. The van der Waals surface area contributed by atoms with E-state index < -0.39 is 0 Å². The molecule has 1 amide bonds. The molecular weight excluding hydrogens is 242 g/mol. The molecule has 6 heteroatoms. The molecule has 6 nitrogen and oxygen atoms in total. The highest BCUT2D eigenvalue weighted by atomic mass is 16.1. The minimum Gasteiger partial charge on any atom is -0.346 e. The monoisotopic (exact) mass is 261 g/mol. The molecular formula is C13H19N5O. The minimum absolute atomic E-state index is 0.108. The zero-order chi connectivity index (χ0) is 13.8. The van der Waals surface area contributed by atoms with E-state index in [4.69, 9.17) is 0 Å². The van der Waals surface area contributed by atoms with Gasteiger partial charge in [-0.05, 0) is 26.8 Å². The highest BCUT2D eigenvalue weighted by Gasteiger charge is 2.13. The Balaban J connectivity index is 1.99. The lowest BCUT2D eigenvalue weighted by atomic mass is 10.2. The van der Waals surface area contributed by atoms with Gasteiger partial charge in [-0.15, -0.1) is 0 Å². The van der Waals surface area contributed by atoms with Gasteiger partial charge < -0.3 is 5.32 Å². The zero-order valence-corrected chi connectivity index (χ0v) is 11.6. The Labute approximate surface area is 112 Å². The maximum absolute atomic E-state index is 12.0. The van der Waals surface area contributed by atoms with E-state index in [1.165, 1.54) is 0 Å². The van der Waals surface area contributed by atoms with Gasteiger partial charge >= 0.3 is 0 Å². The first kappa shape index (κ1) is 13.3. The van der Waals surface area contributed by atoms with Crippen LogP contribution in [0.2, 0.25) is 0 Å². The molecule has 0 saturated heterocycles. The van der Waals surface area contributed by atoms with Crippen molar-refractivity contribution in [1.82, 2.24) is 24.9 Å². The lowest BCUT2D eigenvalue weighted by Gasteiger charge is -2.03. The normalized spacial score (nSPS) is 10.7. The standard InChI is InChI=1S/C13H19N5O/c1-4-17-7-6-11(16-17)8-14-13(19)12-9-15-18(5-2)10(12)3/h6-7,9H,4-5,8H2,1-3H3,(H,14,19). The number of amides is 1. The number of aryl methyl sites for hydroxylation is 2. The fourth-order valence-corrected chi connectivity index (χ4v) is 1.93. The fraction of sp³-hybridized carbons (Fsp3) is 0.462. The summed E-state index contributed by atoms with van der Waals surface area (Å²) in [5.41, 5.74) is 2.37. The molecule has 2 aromatic heterocycles. The van der Waals surface area contributed by atoms with Gasteiger partial charge in [-0.2, -0.15) is 10.2 Å². The van der Waals surface area contributed by atoms with Crippen molar-refractivity contribution >= 4 is 5.91 Å². The third-order valence-corrected chi connectivity index (χ3v) is 3.10. The Morgan fingerprint density at radius 2 is 2.16 bits per heavy atom. The summed E-state index contributed by atoms with van der Waals surface area (Å²) in [6.45, 7) is 7.95. The van der Waals surface area contributed by atoms with Gasteiger partial charge in [0.1, 0.15) is 0 Å². The summed E-state index contributed by atoms with van der Waals surface area (Å²) in [6, 6.07) is 1.91. The average molecular weight is 261 g/mol. The van der Waals surface area contributed by atoms with E-state index in [1.54, 1.807) is 10.9 Å². The number of nitrogens with one attached hydrogen (secondary N) is 1. The summed E-state index contributed by atoms with van der Waals surface area (Å²) >= 11 is 0. The second-order valence-electron chi connectivity index (χ2n) is 4.30. The van der Waals surface area contributed by atoms with Crippen molar-refractivity contribution in [3.05, 3.63) is 35.4 Å². The molecule has 2 rings (SSSR count). The molecule has 2 heterocycles. The molecule has 0 fully saturated rings. The Bertz CT molecular complexity index is 569. The molecule has 0 bridgehead atoms. The van der Waals surface area contributed by atoms with Gasteiger partial charge in [0.15, 0.2) is 0 Å². The Morgan fingerprint density at radius 3 is 2.74 bits per heavy atom. The maximum atomic E-state index is 12.0. The summed E-state index contributed by atoms with van der Waals surface area (Å²) in [5, 5.41) is 11.3. The van der Waals surface area contributed by atoms with E-state index in [-0.39, 0.29) is 5.91 Å². The average Bonchev–Trinajstić information content (AvgIpc) is 3.02. The molecule has 0 aliphatic heterocycles. The number of hydrogen-bond donors (Lipinski definition) is 1. The van der Waals surface area contributed by atoms with Gasteiger partial charge in [-0.25, -0.2) is 0 Å². The van der Waals surface area contributed by atoms with Gasteiger partial charge in [0, 0.05) is 25.0 Å². The Morgan fingerprint density at radius 1 is 1.37 bits per heavy atom. The SMILES string of the molecule is CCn1ccc(CNC(=O)c2cnn(CC)c2C)n1. The van der Waals surface area contributed by atoms with Gasteiger partial charge in [-0.3, -0.25) is 14.2 Å². The molecule has 0 unspecified atom stereocenters. The zero-order valence-electron chi connectivity index (χ0n) is 11.6. The predicted octanol–water partition coefficient (Wildman–Crippen LogP) is 1.36. The highest BCUT2D eigenvalue weighted by Crippen LogP contribution is 2.07. The van der Waals surface area contributed by atoms with Crippen LogP contribution in [0.4, 0.5) is 0 Å². The number of carbonyl (C=O) groups excluding carboxylic acids is 1. The van der Waals surface area contributed by atoms with Gasteiger partial charge in [0.25, 0.3) is 5.91 Å². The third-order valence-electron chi connectivity index (χ3n) is 3.10. The van der Waals surface area contributed by atoms with E-state index in [2.05, 4.69) is 15.5 Å². The van der Waals surface area contributed by atoms with Crippen molar-refractivity contribution in [2.45, 2.75) is 40.4 Å². The van der Waals surface area contributed by atoms with Gasteiger partial charge in [0.2, 0.25) is 0 Å². The molecule has 0 spiro atoms. The lowest BCUT2D eigenvalue weighted by Crippen LogP contribution is -2.23. The van der Waals surface area contributed by atoms with Gasteiger partial charge in [-0.1, -0.05) is 0 Å². The van der Waals surface area contributed by atoms with Crippen molar-refractivity contribution in [2.75, 3.05) is 0 Å². The lowest BCUT2D eigenvalue weighted by molar-refractivity contribution is 0.0949. The smallest absolute Gasteiger partial charge is 0.255 e. The number of carbonyl (C=O) groups is 1. The molecule has 0 aliphatic carbocycles. The summed E-state index contributed by atoms with van der Waals surface area (Å²) < 4.78 is 3.64. The van der Waals surface area contributed by atoms with E-state index in [0.29, 0.717) is 12.1 Å². The van der Waals surface area contributed by atoms with Crippen LogP contribution in [-0.4, -0.2) is 25.5 Å². The van der Waals surface area contributed by atoms with E-state index >= 15 is 0 Å². The molecule has 0 atom stereocenters. The largest absolute Gasteiger partial charge is 0.346 e.